The van der Waals surface area contributed by atoms with E-state index in [-0.39, 0.29) is 6.10 Å². The Balaban J connectivity index is 2.73. The van der Waals surface area contributed by atoms with Gasteiger partial charge in [-0.3, -0.25) is 4.79 Å². The first-order valence-electron chi connectivity index (χ1n) is 4.44. The van der Waals surface area contributed by atoms with E-state index in [0.29, 0.717) is 12.2 Å². The predicted molar refractivity (Wildman–Crippen MR) is 51.9 cm³/mol. The molecule has 70 valence electrons. The Bertz CT molecular complexity index is 264. The molecule has 0 aromatic heterocycles. The molecule has 0 fully saturated rings. The van der Waals surface area contributed by atoms with Gasteiger partial charge >= 0.3 is 0 Å². The van der Waals surface area contributed by atoms with Gasteiger partial charge in [0.2, 0.25) is 0 Å². The summed E-state index contributed by atoms with van der Waals surface area (Å²) < 4.78 is 5.41. The second-order valence-corrected chi connectivity index (χ2v) is 2.88. The van der Waals surface area contributed by atoms with E-state index < -0.39 is 0 Å². The van der Waals surface area contributed by atoms with Gasteiger partial charge in [-0.15, -0.1) is 0 Å². The lowest BCUT2D eigenvalue weighted by Gasteiger charge is -2.11. The molecule has 1 atom stereocenters. The molecule has 0 saturated heterocycles. The molecule has 0 aliphatic heterocycles. The Morgan fingerprint density at radius 3 is 2.46 bits per heavy atom. The number of rotatable bonds is 4. The summed E-state index contributed by atoms with van der Waals surface area (Å²) >= 11 is 0. The number of ether oxygens (including phenoxy) is 1. The molecule has 2 heteroatoms. The normalized spacial score (nSPS) is 12.5. The summed E-state index contributed by atoms with van der Waals surface area (Å²) in [5, 5.41) is 0. The number of carbonyl (C=O) groups is 1. The largest absolute Gasteiger partial charge is 0.374 e. The average Bonchev–Trinajstić information content (AvgIpc) is 2.18. The lowest BCUT2D eigenvalue weighted by Crippen LogP contribution is -1.99. The van der Waals surface area contributed by atoms with Gasteiger partial charge in [0.15, 0.2) is 0 Å². The summed E-state index contributed by atoms with van der Waals surface area (Å²) in [5.74, 6) is 0. The lowest BCUT2D eigenvalue weighted by atomic mass is 10.1. The summed E-state index contributed by atoms with van der Waals surface area (Å²) in [4.78, 5) is 10.4. The molecule has 2 nitrogen and oxygen atoms in total. The Hall–Kier alpha value is -1.15. The average molecular weight is 178 g/mol. The molecule has 13 heavy (non-hydrogen) atoms. The van der Waals surface area contributed by atoms with Crippen molar-refractivity contribution >= 4 is 6.29 Å². The highest BCUT2D eigenvalue weighted by atomic mass is 16.5. The van der Waals surface area contributed by atoms with Crippen molar-refractivity contribution in [1.29, 1.82) is 0 Å². The van der Waals surface area contributed by atoms with Crippen LogP contribution in [-0.2, 0) is 4.74 Å². The quantitative estimate of drug-likeness (QED) is 0.662. The van der Waals surface area contributed by atoms with Crippen LogP contribution in [-0.4, -0.2) is 12.9 Å². The number of carbonyl (C=O) groups excluding carboxylic acids is 1. The molecule has 0 radical (unpaired) electrons. The van der Waals surface area contributed by atoms with Crippen molar-refractivity contribution in [3.63, 3.8) is 0 Å². The molecule has 0 amide bonds. The van der Waals surface area contributed by atoms with Crippen LogP contribution in [0.25, 0.3) is 0 Å². The fraction of sp³-hybridized carbons (Fsp3) is 0.364. The van der Waals surface area contributed by atoms with Crippen molar-refractivity contribution in [2.75, 3.05) is 6.61 Å². The summed E-state index contributed by atoms with van der Waals surface area (Å²) in [6.07, 6.45) is 0.945. The minimum atomic E-state index is 0.103. The predicted octanol–water partition coefficient (Wildman–Crippen LogP) is 2.60. The molecule has 1 aromatic carbocycles. The third-order valence-corrected chi connectivity index (χ3v) is 1.96. The van der Waals surface area contributed by atoms with Crippen LogP contribution in [0.5, 0.6) is 0 Å². The summed E-state index contributed by atoms with van der Waals surface area (Å²) in [7, 11) is 0. The molecule has 0 bridgehead atoms. The first-order chi connectivity index (χ1) is 6.27. The van der Waals surface area contributed by atoms with Gasteiger partial charge in [0.1, 0.15) is 6.29 Å². The van der Waals surface area contributed by atoms with Gasteiger partial charge in [-0.05, 0) is 19.4 Å². The van der Waals surface area contributed by atoms with Crippen molar-refractivity contribution in [2.24, 2.45) is 0 Å². The fourth-order valence-electron chi connectivity index (χ4n) is 1.19. The van der Waals surface area contributed by atoms with E-state index in [2.05, 4.69) is 0 Å². The van der Waals surface area contributed by atoms with Crippen LogP contribution in [0.4, 0.5) is 0 Å². The van der Waals surface area contributed by atoms with E-state index in [1.54, 1.807) is 12.1 Å². The maximum atomic E-state index is 10.4. The molecule has 0 aliphatic carbocycles. The Kier molecular flexibility index (Phi) is 3.65. The number of hydrogen-bond donors (Lipinski definition) is 0. The van der Waals surface area contributed by atoms with Crippen molar-refractivity contribution in [3.05, 3.63) is 35.4 Å². The van der Waals surface area contributed by atoms with Crippen LogP contribution >= 0.6 is 0 Å². The lowest BCUT2D eigenvalue weighted by molar-refractivity contribution is 0.0764. The van der Waals surface area contributed by atoms with Crippen LogP contribution in [0.3, 0.4) is 0 Å². The maximum Gasteiger partial charge on any atom is 0.150 e. The third-order valence-electron chi connectivity index (χ3n) is 1.96. The fourth-order valence-corrected chi connectivity index (χ4v) is 1.19. The monoisotopic (exact) mass is 178 g/mol. The molecule has 0 spiro atoms. The maximum absolute atomic E-state index is 10.4. The minimum absolute atomic E-state index is 0.103. The highest BCUT2D eigenvalue weighted by molar-refractivity contribution is 5.74. The van der Waals surface area contributed by atoms with E-state index in [4.69, 9.17) is 4.74 Å². The van der Waals surface area contributed by atoms with Crippen molar-refractivity contribution < 1.29 is 9.53 Å². The zero-order valence-electron chi connectivity index (χ0n) is 7.99. The Morgan fingerprint density at radius 2 is 2.00 bits per heavy atom. The highest BCUT2D eigenvalue weighted by Crippen LogP contribution is 2.16. The number of hydrogen-bond acceptors (Lipinski definition) is 2. The zero-order valence-corrected chi connectivity index (χ0v) is 7.99. The summed E-state index contributed by atoms with van der Waals surface area (Å²) in [5.41, 5.74) is 1.81. The molecule has 0 N–H and O–H groups in total. The minimum Gasteiger partial charge on any atom is -0.374 e. The van der Waals surface area contributed by atoms with Gasteiger partial charge in [0.05, 0.1) is 6.10 Å². The standard InChI is InChI=1S/C11H14O2/c1-3-13-9(2)11-6-4-10(8-12)5-7-11/h4-9H,3H2,1-2H3. The van der Waals surface area contributed by atoms with Gasteiger partial charge in [-0.25, -0.2) is 0 Å². The van der Waals surface area contributed by atoms with Crippen LogP contribution < -0.4 is 0 Å². The van der Waals surface area contributed by atoms with Gasteiger partial charge < -0.3 is 4.74 Å². The van der Waals surface area contributed by atoms with Crippen molar-refractivity contribution in [2.45, 2.75) is 20.0 Å². The molecular weight excluding hydrogens is 164 g/mol. The van der Waals surface area contributed by atoms with Crippen molar-refractivity contribution in [3.8, 4) is 0 Å². The van der Waals surface area contributed by atoms with E-state index >= 15 is 0 Å². The third kappa shape index (κ3) is 2.67. The van der Waals surface area contributed by atoms with Crippen LogP contribution in [0, 0.1) is 0 Å². The van der Waals surface area contributed by atoms with E-state index in [1.165, 1.54) is 0 Å². The molecule has 1 rings (SSSR count). The molecule has 1 unspecified atom stereocenters. The second kappa shape index (κ2) is 4.77. The molecule has 1 aromatic rings. The van der Waals surface area contributed by atoms with Gasteiger partial charge in [0.25, 0.3) is 0 Å². The van der Waals surface area contributed by atoms with E-state index in [1.807, 2.05) is 26.0 Å². The molecule has 0 aliphatic rings. The highest BCUT2D eigenvalue weighted by Gasteiger charge is 2.03. The first kappa shape index (κ1) is 9.93. The Morgan fingerprint density at radius 1 is 1.38 bits per heavy atom. The Labute approximate surface area is 78.5 Å². The van der Waals surface area contributed by atoms with Crippen molar-refractivity contribution in [1.82, 2.24) is 0 Å². The number of aldehydes is 1. The second-order valence-electron chi connectivity index (χ2n) is 2.88. The SMILES string of the molecule is CCOC(C)c1ccc(C=O)cc1. The molecular formula is C11H14O2. The van der Waals surface area contributed by atoms with Crippen LogP contribution in [0.15, 0.2) is 24.3 Å². The van der Waals surface area contributed by atoms with Gasteiger partial charge in [-0.1, -0.05) is 24.3 Å². The first-order valence-corrected chi connectivity index (χ1v) is 4.44. The summed E-state index contributed by atoms with van der Waals surface area (Å²) in [6.45, 7) is 4.67. The van der Waals surface area contributed by atoms with Gasteiger partial charge in [0, 0.05) is 12.2 Å². The molecule has 0 heterocycles. The van der Waals surface area contributed by atoms with E-state index in [9.17, 15) is 4.79 Å². The molecule has 0 saturated carbocycles. The number of benzene rings is 1. The van der Waals surface area contributed by atoms with E-state index in [0.717, 1.165) is 11.8 Å². The van der Waals surface area contributed by atoms with Crippen LogP contribution in [0.1, 0.15) is 35.9 Å². The summed E-state index contributed by atoms with van der Waals surface area (Å²) in [6, 6.07) is 7.45. The topological polar surface area (TPSA) is 26.3 Å². The van der Waals surface area contributed by atoms with Crippen LogP contribution in [0.2, 0.25) is 0 Å². The zero-order chi connectivity index (χ0) is 9.68. The van der Waals surface area contributed by atoms with Gasteiger partial charge in [-0.2, -0.15) is 0 Å². The smallest absolute Gasteiger partial charge is 0.150 e.